The van der Waals surface area contributed by atoms with Gasteiger partial charge < -0.3 is 19.5 Å². The maximum atomic E-state index is 13.2. The van der Waals surface area contributed by atoms with E-state index in [1.165, 1.54) is 11.1 Å². The van der Waals surface area contributed by atoms with E-state index in [0.717, 1.165) is 34.2 Å². The molecule has 180 valence electrons. The molecule has 0 saturated carbocycles. The molecule has 3 aromatic carbocycles. The molecule has 0 saturated heterocycles. The van der Waals surface area contributed by atoms with E-state index in [4.69, 9.17) is 9.47 Å². The predicted molar refractivity (Wildman–Crippen MR) is 132 cm³/mol. The number of amides is 1. The lowest BCUT2D eigenvalue weighted by Crippen LogP contribution is -2.36. The molecule has 35 heavy (non-hydrogen) atoms. The average Bonchev–Trinajstić information content (AvgIpc) is 3.29. The largest absolute Gasteiger partial charge is 0.481 e. The normalized spacial score (nSPS) is 15.0. The monoisotopic (exact) mass is 471 g/mol. The summed E-state index contributed by atoms with van der Waals surface area (Å²) in [7, 11) is 0. The van der Waals surface area contributed by atoms with E-state index in [0.29, 0.717) is 30.2 Å². The van der Waals surface area contributed by atoms with Gasteiger partial charge in [-0.1, -0.05) is 24.3 Å². The fourth-order valence-electron chi connectivity index (χ4n) is 5.04. The zero-order valence-electron chi connectivity index (χ0n) is 20.3. The van der Waals surface area contributed by atoms with Crippen LogP contribution in [0.5, 0.6) is 11.5 Å². The molecule has 2 aliphatic rings. The lowest BCUT2D eigenvalue weighted by atomic mass is 9.83. The number of ether oxygens (including phenoxy) is 2. The van der Waals surface area contributed by atoms with Crippen LogP contribution in [0.25, 0.3) is 0 Å². The molecule has 0 radical (unpaired) electrons. The number of hydrogen-bond acceptors (Lipinski definition) is 4. The third kappa shape index (κ3) is 4.48. The third-order valence-electron chi connectivity index (χ3n) is 7.20. The molecule has 0 unspecified atom stereocenters. The first-order valence-corrected chi connectivity index (χ1v) is 11.9. The van der Waals surface area contributed by atoms with Crippen molar-refractivity contribution in [1.29, 1.82) is 0 Å². The number of aryl methyl sites for hydroxylation is 3. The summed E-state index contributed by atoms with van der Waals surface area (Å²) in [6.45, 7) is 7.37. The summed E-state index contributed by atoms with van der Waals surface area (Å²) in [6, 6.07) is 15.8. The summed E-state index contributed by atoms with van der Waals surface area (Å²) in [6.07, 6.45) is 0.739. The predicted octanol–water partition coefficient (Wildman–Crippen LogP) is 5.15. The molecule has 0 bridgehead atoms. The van der Waals surface area contributed by atoms with E-state index in [1.54, 1.807) is 0 Å². The number of hydrogen-bond donors (Lipinski definition) is 1. The van der Waals surface area contributed by atoms with E-state index >= 15 is 0 Å². The highest BCUT2D eigenvalue weighted by Crippen LogP contribution is 2.40. The van der Waals surface area contributed by atoms with Gasteiger partial charge in [0, 0.05) is 24.6 Å². The SMILES string of the molecule is Cc1ccc(C(=O)N2CCc3ccc([C@H](CC(=O)O)c4cc5c(cc4C)OCO5)cc3C2)cc1C. The highest BCUT2D eigenvalue weighted by atomic mass is 16.7. The van der Waals surface area contributed by atoms with Crippen LogP contribution in [0.2, 0.25) is 0 Å². The van der Waals surface area contributed by atoms with E-state index in [9.17, 15) is 14.7 Å². The molecule has 0 spiro atoms. The van der Waals surface area contributed by atoms with Gasteiger partial charge >= 0.3 is 5.97 Å². The Kier molecular flexibility index (Phi) is 5.97. The highest BCUT2D eigenvalue weighted by molar-refractivity contribution is 5.94. The number of benzene rings is 3. The molecular weight excluding hydrogens is 442 g/mol. The Labute approximate surface area is 205 Å². The average molecular weight is 472 g/mol. The van der Waals surface area contributed by atoms with Crippen LogP contribution in [0.3, 0.4) is 0 Å². The summed E-state index contributed by atoms with van der Waals surface area (Å²) >= 11 is 0. The van der Waals surface area contributed by atoms with Crippen molar-refractivity contribution in [2.24, 2.45) is 0 Å². The maximum absolute atomic E-state index is 13.2. The van der Waals surface area contributed by atoms with Gasteiger partial charge in [-0.25, -0.2) is 0 Å². The molecule has 1 atom stereocenters. The van der Waals surface area contributed by atoms with Gasteiger partial charge in [0.25, 0.3) is 5.91 Å². The van der Waals surface area contributed by atoms with Crippen LogP contribution in [-0.4, -0.2) is 35.2 Å². The van der Waals surface area contributed by atoms with Crippen molar-refractivity contribution in [3.05, 3.63) is 93.0 Å². The molecule has 1 N–H and O–H groups in total. The van der Waals surface area contributed by atoms with Crippen molar-refractivity contribution in [1.82, 2.24) is 4.90 Å². The second-order valence-corrected chi connectivity index (χ2v) is 9.52. The zero-order chi connectivity index (χ0) is 24.7. The molecule has 3 aromatic rings. The van der Waals surface area contributed by atoms with Gasteiger partial charge in [0.1, 0.15) is 0 Å². The topological polar surface area (TPSA) is 76.1 Å². The fourth-order valence-corrected chi connectivity index (χ4v) is 5.04. The van der Waals surface area contributed by atoms with Crippen LogP contribution >= 0.6 is 0 Å². The molecule has 0 fully saturated rings. The molecule has 2 aliphatic heterocycles. The molecule has 5 rings (SSSR count). The van der Waals surface area contributed by atoms with Gasteiger partial charge in [-0.05, 0) is 90.4 Å². The summed E-state index contributed by atoms with van der Waals surface area (Å²) < 4.78 is 11.0. The quantitative estimate of drug-likeness (QED) is 0.557. The molecular formula is C29H29NO5. The minimum Gasteiger partial charge on any atom is -0.481 e. The third-order valence-corrected chi connectivity index (χ3v) is 7.20. The van der Waals surface area contributed by atoms with Gasteiger partial charge in [-0.2, -0.15) is 0 Å². The number of nitrogens with zero attached hydrogens (tertiary/aromatic N) is 1. The zero-order valence-corrected chi connectivity index (χ0v) is 20.3. The van der Waals surface area contributed by atoms with Crippen LogP contribution in [0, 0.1) is 20.8 Å². The van der Waals surface area contributed by atoms with Crippen molar-refractivity contribution in [3.63, 3.8) is 0 Å². The number of carboxylic acid groups (broad SMARTS) is 1. The first-order valence-electron chi connectivity index (χ1n) is 11.9. The van der Waals surface area contributed by atoms with Crippen LogP contribution < -0.4 is 9.47 Å². The van der Waals surface area contributed by atoms with Crippen molar-refractivity contribution in [2.45, 2.75) is 46.1 Å². The van der Waals surface area contributed by atoms with E-state index in [-0.39, 0.29) is 25.0 Å². The highest BCUT2D eigenvalue weighted by Gasteiger charge is 2.27. The Morgan fingerprint density at radius 3 is 2.43 bits per heavy atom. The number of fused-ring (bicyclic) bond motifs is 2. The molecule has 0 aromatic heterocycles. The second-order valence-electron chi connectivity index (χ2n) is 9.52. The second kappa shape index (κ2) is 9.10. The van der Waals surface area contributed by atoms with E-state index in [1.807, 2.05) is 62.1 Å². The van der Waals surface area contributed by atoms with Crippen LogP contribution in [-0.2, 0) is 17.8 Å². The minimum absolute atomic E-state index is 0.0258. The molecule has 2 heterocycles. The van der Waals surface area contributed by atoms with Crippen molar-refractivity contribution < 1.29 is 24.2 Å². The minimum atomic E-state index is -0.865. The number of rotatable bonds is 5. The van der Waals surface area contributed by atoms with Crippen LogP contribution in [0.4, 0.5) is 0 Å². The Morgan fingerprint density at radius 1 is 0.914 bits per heavy atom. The summed E-state index contributed by atoms with van der Waals surface area (Å²) in [5, 5.41) is 9.70. The Bertz CT molecular complexity index is 1330. The summed E-state index contributed by atoms with van der Waals surface area (Å²) in [4.78, 5) is 26.9. The smallest absolute Gasteiger partial charge is 0.304 e. The summed E-state index contributed by atoms with van der Waals surface area (Å²) in [5.74, 6) is 0.155. The standard InChI is InChI=1S/C29H29NO5/c1-17-4-5-22(10-18(17)2)29(33)30-9-8-20-6-7-21(12-23(20)15-30)25(14-28(31)32)24-13-27-26(11-19(24)3)34-16-35-27/h4-7,10-13,25H,8-9,14-16H2,1-3H3,(H,31,32)/t25-/m0/s1. The first kappa shape index (κ1) is 23.0. The molecule has 1 amide bonds. The van der Waals surface area contributed by atoms with Gasteiger partial charge in [-0.15, -0.1) is 0 Å². The molecule has 6 heteroatoms. The fraction of sp³-hybridized carbons (Fsp3) is 0.310. The van der Waals surface area contributed by atoms with Gasteiger partial charge in [0.05, 0.1) is 6.42 Å². The van der Waals surface area contributed by atoms with Crippen molar-refractivity contribution in [2.75, 3.05) is 13.3 Å². The Balaban J connectivity index is 1.46. The Hall–Kier alpha value is -3.80. The Morgan fingerprint density at radius 2 is 1.69 bits per heavy atom. The van der Waals surface area contributed by atoms with Gasteiger partial charge in [-0.3, -0.25) is 9.59 Å². The summed E-state index contributed by atoms with van der Waals surface area (Å²) in [5.41, 5.74) is 8.04. The number of carboxylic acids is 1. The first-order chi connectivity index (χ1) is 16.8. The number of carbonyl (C=O) groups is 2. The number of aliphatic carboxylic acids is 1. The van der Waals surface area contributed by atoms with Crippen molar-refractivity contribution in [3.8, 4) is 11.5 Å². The molecule has 0 aliphatic carbocycles. The van der Waals surface area contributed by atoms with Crippen molar-refractivity contribution >= 4 is 11.9 Å². The lowest BCUT2D eigenvalue weighted by Gasteiger charge is -2.30. The molecule has 6 nitrogen and oxygen atoms in total. The van der Waals surface area contributed by atoms with E-state index in [2.05, 4.69) is 12.1 Å². The number of carbonyl (C=O) groups excluding carboxylic acids is 1. The maximum Gasteiger partial charge on any atom is 0.304 e. The van der Waals surface area contributed by atoms with Crippen LogP contribution in [0.1, 0.15) is 61.6 Å². The van der Waals surface area contributed by atoms with Crippen LogP contribution in [0.15, 0.2) is 48.5 Å². The lowest BCUT2D eigenvalue weighted by molar-refractivity contribution is -0.137. The van der Waals surface area contributed by atoms with Gasteiger partial charge in [0.15, 0.2) is 11.5 Å². The van der Waals surface area contributed by atoms with E-state index < -0.39 is 5.97 Å². The van der Waals surface area contributed by atoms with Gasteiger partial charge in [0.2, 0.25) is 6.79 Å².